The van der Waals surface area contributed by atoms with Crippen LogP contribution >= 0.6 is 12.4 Å². The molecule has 0 aliphatic heterocycles. The van der Waals surface area contributed by atoms with E-state index in [2.05, 4.69) is 10.4 Å². The first kappa shape index (κ1) is 16.5. The van der Waals surface area contributed by atoms with Gasteiger partial charge in [0.15, 0.2) is 0 Å². The first-order valence-electron chi connectivity index (χ1n) is 6.98. The highest BCUT2D eigenvalue weighted by molar-refractivity contribution is 5.98. The molecular formula is C15H18ClFN4O. The lowest BCUT2D eigenvalue weighted by Gasteiger charge is -2.21. The fraction of sp³-hybridized carbons (Fsp3) is 0.333. The van der Waals surface area contributed by atoms with Crippen LogP contribution in [-0.2, 0) is 4.79 Å². The number of carbonyl (C=O) groups is 1. The number of amides is 1. The molecule has 0 saturated heterocycles. The van der Waals surface area contributed by atoms with Gasteiger partial charge in [-0.05, 0) is 25.0 Å². The molecule has 0 radical (unpaired) electrons. The minimum absolute atomic E-state index is 0. The van der Waals surface area contributed by atoms with Crippen molar-refractivity contribution in [3.05, 3.63) is 42.5 Å². The molecule has 3 rings (SSSR count). The van der Waals surface area contributed by atoms with Crippen LogP contribution < -0.4 is 11.1 Å². The van der Waals surface area contributed by atoms with Gasteiger partial charge in [0.1, 0.15) is 11.5 Å². The summed E-state index contributed by atoms with van der Waals surface area (Å²) in [7, 11) is 0. The van der Waals surface area contributed by atoms with Crippen molar-refractivity contribution in [3.63, 3.8) is 0 Å². The van der Waals surface area contributed by atoms with Crippen LogP contribution in [0, 0.1) is 5.82 Å². The lowest BCUT2D eigenvalue weighted by atomic mass is 9.98. The Labute approximate surface area is 134 Å². The normalized spacial score (nSPS) is 16.1. The van der Waals surface area contributed by atoms with Gasteiger partial charge in [0, 0.05) is 0 Å². The Bertz CT molecular complexity index is 667. The highest BCUT2D eigenvalue weighted by atomic mass is 35.5. The molecule has 3 N–H and O–H groups in total. The van der Waals surface area contributed by atoms with E-state index in [0.29, 0.717) is 24.2 Å². The zero-order valence-electron chi connectivity index (χ0n) is 12.0. The van der Waals surface area contributed by atoms with Gasteiger partial charge in [0.05, 0.1) is 23.6 Å². The summed E-state index contributed by atoms with van der Waals surface area (Å²) < 4.78 is 15.1. The van der Waals surface area contributed by atoms with Crippen molar-refractivity contribution in [2.45, 2.75) is 31.2 Å². The molecule has 5 nitrogen and oxygen atoms in total. The number of nitrogens with zero attached hydrogens (tertiary/aromatic N) is 2. The van der Waals surface area contributed by atoms with Gasteiger partial charge >= 0.3 is 0 Å². The summed E-state index contributed by atoms with van der Waals surface area (Å²) in [6.45, 7) is 0. The summed E-state index contributed by atoms with van der Waals surface area (Å²) in [4.78, 5) is 12.2. The Hall–Kier alpha value is -1.92. The van der Waals surface area contributed by atoms with Crippen LogP contribution in [0.1, 0.15) is 25.7 Å². The number of halogens is 2. The number of nitrogens with one attached hydrogen (secondary N) is 1. The van der Waals surface area contributed by atoms with Crippen molar-refractivity contribution in [2.24, 2.45) is 5.73 Å². The summed E-state index contributed by atoms with van der Waals surface area (Å²) in [5, 5.41) is 6.84. The Morgan fingerprint density at radius 2 is 2.00 bits per heavy atom. The van der Waals surface area contributed by atoms with Crippen molar-refractivity contribution in [3.8, 4) is 5.69 Å². The van der Waals surface area contributed by atoms with E-state index in [-0.39, 0.29) is 24.1 Å². The molecule has 7 heteroatoms. The number of aromatic nitrogens is 2. The van der Waals surface area contributed by atoms with Gasteiger partial charge in [-0.25, -0.2) is 9.07 Å². The molecule has 2 aromatic rings. The number of hydrogen-bond acceptors (Lipinski definition) is 3. The Balaban J connectivity index is 0.00000176. The van der Waals surface area contributed by atoms with Gasteiger partial charge in [-0.3, -0.25) is 4.79 Å². The quantitative estimate of drug-likeness (QED) is 0.911. The highest BCUT2D eigenvalue weighted by Crippen LogP contribution is 2.28. The third-order valence-electron chi connectivity index (χ3n) is 3.89. The zero-order chi connectivity index (χ0) is 14.9. The monoisotopic (exact) mass is 324 g/mol. The molecule has 22 heavy (non-hydrogen) atoms. The second-order valence-corrected chi connectivity index (χ2v) is 5.44. The molecule has 1 aromatic heterocycles. The minimum Gasteiger partial charge on any atom is -0.322 e. The van der Waals surface area contributed by atoms with Crippen LogP contribution in [0.25, 0.3) is 5.69 Å². The first-order valence-corrected chi connectivity index (χ1v) is 6.98. The number of benzene rings is 1. The van der Waals surface area contributed by atoms with Gasteiger partial charge in [0.25, 0.3) is 0 Å². The number of hydrogen-bond donors (Lipinski definition) is 2. The van der Waals surface area contributed by atoms with Gasteiger partial charge in [0.2, 0.25) is 5.91 Å². The maximum Gasteiger partial charge on any atom is 0.244 e. The van der Waals surface area contributed by atoms with Crippen molar-refractivity contribution < 1.29 is 9.18 Å². The van der Waals surface area contributed by atoms with Crippen LogP contribution in [0.15, 0.2) is 36.7 Å². The molecule has 1 aromatic carbocycles. The standard InChI is InChI=1S/C15H17FN4O.ClH/c16-12-5-1-2-6-13(12)20-10-11(9-18-20)19-14(21)15(17)7-3-4-8-15;/h1-2,5-6,9-10H,3-4,7-8,17H2,(H,19,21);1H. The average molecular weight is 325 g/mol. The third kappa shape index (κ3) is 3.13. The van der Waals surface area contributed by atoms with Crippen molar-refractivity contribution in [1.82, 2.24) is 9.78 Å². The van der Waals surface area contributed by atoms with Crippen LogP contribution in [0.4, 0.5) is 10.1 Å². The molecule has 0 atom stereocenters. The van der Waals surface area contributed by atoms with Gasteiger partial charge < -0.3 is 11.1 Å². The number of nitrogens with two attached hydrogens (primary N) is 1. The fourth-order valence-electron chi connectivity index (χ4n) is 2.65. The minimum atomic E-state index is -0.792. The van der Waals surface area contributed by atoms with Crippen LogP contribution in [-0.4, -0.2) is 21.2 Å². The zero-order valence-corrected chi connectivity index (χ0v) is 12.8. The molecule has 118 valence electrons. The molecule has 1 aliphatic carbocycles. The number of para-hydroxylation sites is 1. The largest absolute Gasteiger partial charge is 0.322 e. The first-order chi connectivity index (χ1) is 10.1. The predicted octanol–water partition coefficient (Wildman–Crippen LogP) is 2.64. The van der Waals surface area contributed by atoms with Crippen LogP contribution in [0.3, 0.4) is 0 Å². The van der Waals surface area contributed by atoms with E-state index >= 15 is 0 Å². The lowest BCUT2D eigenvalue weighted by molar-refractivity contribution is -0.121. The van der Waals surface area contributed by atoms with Crippen LogP contribution in [0.2, 0.25) is 0 Å². The number of anilines is 1. The predicted molar refractivity (Wildman–Crippen MR) is 84.8 cm³/mol. The van der Waals surface area contributed by atoms with E-state index in [0.717, 1.165) is 12.8 Å². The van der Waals surface area contributed by atoms with Crippen LogP contribution in [0.5, 0.6) is 0 Å². The molecular weight excluding hydrogens is 307 g/mol. The molecule has 1 amide bonds. The maximum atomic E-state index is 13.7. The van der Waals surface area contributed by atoms with Gasteiger partial charge in [-0.15, -0.1) is 12.4 Å². The molecule has 0 unspecified atom stereocenters. The molecule has 0 bridgehead atoms. The van der Waals surface area contributed by atoms with Crippen molar-refractivity contribution in [2.75, 3.05) is 5.32 Å². The fourth-order valence-corrected chi connectivity index (χ4v) is 2.65. The van der Waals surface area contributed by atoms with E-state index in [4.69, 9.17) is 5.73 Å². The summed E-state index contributed by atoms with van der Waals surface area (Å²) in [6.07, 6.45) is 6.40. The Morgan fingerprint density at radius 1 is 1.32 bits per heavy atom. The Morgan fingerprint density at radius 3 is 2.68 bits per heavy atom. The highest BCUT2D eigenvalue weighted by Gasteiger charge is 2.37. The van der Waals surface area contributed by atoms with Crippen molar-refractivity contribution >= 4 is 24.0 Å². The molecule has 1 fully saturated rings. The van der Waals surface area contributed by atoms with E-state index in [9.17, 15) is 9.18 Å². The molecule has 1 aliphatic rings. The summed E-state index contributed by atoms with van der Waals surface area (Å²) >= 11 is 0. The number of carbonyl (C=O) groups excluding carboxylic acids is 1. The van der Waals surface area contributed by atoms with E-state index in [1.165, 1.54) is 16.9 Å². The summed E-state index contributed by atoms with van der Waals surface area (Å²) in [5.41, 5.74) is 6.15. The maximum absolute atomic E-state index is 13.7. The van der Waals surface area contributed by atoms with E-state index in [1.54, 1.807) is 24.4 Å². The molecule has 1 heterocycles. The average Bonchev–Trinajstić information content (AvgIpc) is 3.09. The second-order valence-electron chi connectivity index (χ2n) is 5.44. The second kappa shape index (κ2) is 6.46. The topological polar surface area (TPSA) is 72.9 Å². The van der Waals surface area contributed by atoms with E-state index < -0.39 is 5.54 Å². The smallest absolute Gasteiger partial charge is 0.244 e. The summed E-state index contributed by atoms with van der Waals surface area (Å²) in [6, 6.07) is 6.33. The number of rotatable bonds is 3. The Kier molecular flexibility index (Phi) is 4.83. The third-order valence-corrected chi connectivity index (χ3v) is 3.89. The lowest BCUT2D eigenvalue weighted by Crippen LogP contribution is -2.48. The summed E-state index contributed by atoms with van der Waals surface area (Å²) in [5.74, 6) is -0.572. The van der Waals surface area contributed by atoms with Gasteiger partial charge in [-0.1, -0.05) is 25.0 Å². The van der Waals surface area contributed by atoms with E-state index in [1.807, 2.05) is 0 Å². The van der Waals surface area contributed by atoms with Crippen molar-refractivity contribution in [1.29, 1.82) is 0 Å². The molecule has 1 saturated carbocycles. The SMILES string of the molecule is Cl.NC1(C(=O)Nc2cnn(-c3ccccc3F)c2)CCCC1. The van der Waals surface area contributed by atoms with Gasteiger partial charge in [-0.2, -0.15) is 5.10 Å². The molecule has 0 spiro atoms.